The van der Waals surface area contributed by atoms with Crippen LogP contribution in [0.4, 0.5) is 0 Å². The van der Waals surface area contributed by atoms with E-state index in [2.05, 4.69) is 17.1 Å². The van der Waals surface area contributed by atoms with E-state index >= 15 is 0 Å². The van der Waals surface area contributed by atoms with Crippen LogP contribution in [0, 0.1) is 0 Å². The molecule has 1 amide bonds. The third-order valence-corrected chi connectivity index (χ3v) is 2.68. The fraction of sp³-hybridized carbons (Fsp3) is 0.889. The maximum atomic E-state index is 11.5. The van der Waals surface area contributed by atoms with Crippen LogP contribution in [0.5, 0.6) is 0 Å². The fourth-order valence-electron chi connectivity index (χ4n) is 1.70. The van der Waals surface area contributed by atoms with E-state index in [-0.39, 0.29) is 11.9 Å². The van der Waals surface area contributed by atoms with Gasteiger partial charge in [0, 0.05) is 25.7 Å². The highest BCUT2D eigenvalue weighted by atomic mass is 16.2. The van der Waals surface area contributed by atoms with Crippen LogP contribution in [0.1, 0.15) is 20.3 Å². The van der Waals surface area contributed by atoms with Crippen LogP contribution in [0.2, 0.25) is 0 Å². The molecule has 1 fully saturated rings. The van der Waals surface area contributed by atoms with Gasteiger partial charge in [0.25, 0.3) is 0 Å². The monoisotopic (exact) mass is 185 g/mol. The highest BCUT2D eigenvalue weighted by Crippen LogP contribution is 2.08. The van der Waals surface area contributed by atoms with Crippen molar-refractivity contribution in [2.24, 2.45) is 5.73 Å². The minimum Gasteiger partial charge on any atom is -0.355 e. The molecular formula is C9H19N3O. The summed E-state index contributed by atoms with van der Waals surface area (Å²) in [5.74, 6) is 0.123. The molecule has 3 N–H and O–H groups in total. The van der Waals surface area contributed by atoms with Gasteiger partial charge in [0.05, 0.1) is 6.04 Å². The van der Waals surface area contributed by atoms with Crippen molar-refractivity contribution in [1.82, 2.24) is 10.2 Å². The Bertz CT molecular complexity index is 184. The summed E-state index contributed by atoms with van der Waals surface area (Å²) in [6.07, 6.45) is 1.01. The number of amides is 1. The summed E-state index contributed by atoms with van der Waals surface area (Å²) in [5, 5.41) is 2.88. The van der Waals surface area contributed by atoms with Crippen LogP contribution in [-0.2, 0) is 4.79 Å². The quantitative estimate of drug-likeness (QED) is 0.612. The fourth-order valence-corrected chi connectivity index (χ4v) is 1.70. The second kappa shape index (κ2) is 4.58. The summed E-state index contributed by atoms with van der Waals surface area (Å²) in [4.78, 5) is 13.6. The number of nitrogens with two attached hydrogens (primary N) is 1. The largest absolute Gasteiger partial charge is 0.355 e. The van der Waals surface area contributed by atoms with Gasteiger partial charge in [0.1, 0.15) is 0 Å². The van der Waals surface area contributed by atoms with E-state index in [4.69, 9.17) is 5.73 Å². The zero-order chi connectivity index (χ0) is 9.84. The standard InChI is InChI=1S/C9H19N3O/c1-7(6-10)12-5-3-4-11-9(13)8(12)2/h7-8H,3-6,10H2,1-2H3,(H,11,13). The molecule has 0 spiro atoms. The van der Waals surface area contributed by atoms with Gasteiger partial charge in [-0.3, -0.25) is 9.69 Å². The van der Waals surface area contributed by atoms with Gasteiger partial charge in [0.15, 0.2) is 0 Å². The van der Waals surface area contributed by atoms with Crippen molar-refractivity contribution in [1.29, 1.82) is 0 Å². The molecule has 0 aliphatic carbocycles. The van der Waals surface area contributed by atoms with Gasteiger partial charge in [-0.1, -0.05) is 0 Å². The summed E-state index contributed by atoms with van der Waals surface area (Å²) in [5.41, 5.74) is 5.59. The highest BCUT2D eigenvalue weighted by molar-refractivity contribution is 5.81. The molecule has 4 heteroatoms. The molecule has 2 unspecified atom stereocenters. The molecule has 76 valence electrons. The Morgan fingerprint density at radius 2 is 2.46 bits per heavy atom. The van der Waals surface area contributed by atoms with Crippen molar-refractivity contribution in [3.05, 3.63) is 0 Å². The predicted molar refractivity (Wildman–Crippen MR) is 52.3 cm³/mol. The third kappa shape index (κ3) is 2.42. The molecule has 1 saturated heterocycles. The first-order chi connectivity index (χ1) is 6.16. The molecule has 0 bridgehead atoms. The zero-order valence-electron chi connectivity index (χ0n) is 8.42. The summed E-state index contributed by atoms with van der Waals surface area (Å²) in [6, 6.07) is 0.250. The Balaban J connectivity index is 2.64. The number of hydrogen-bond acceptors (Lipinski definition) is 3. The average molecular weight is 185 g/mol. The van der Waals surface area contributed by atoms with E-state index in [1.54, 1.807) is 0 Å². The molecule has 1 heterocycles. The lowest BCUT2D eigenvalue weighted by Crippen LogP contribution is -2.48. The second-order valence-electron chi connectivity index (χ2n) is 3.64. The van der Waals surface area contributed by atoms with E-state index in [0.717, 1.165) is 19.5 Å². The first-order valence-electron chi connectivity index (χ1n) is 4.90. The number of carbonyl (C=O) groups is 1. The molecule has 0 saturated carbocycles. The molecule has 0 radical (unpaired) electrons. The van der Waals surface area contributed by atoms with Crippen molar-refractivity contribution in [3.63, 3.8) is 0 Å². The molecule has 0 aromatic heterocycles. The molecule has 0 aromatic carbocycles. The zero-order valence-corrected chi connectivity index (χ0v) is 8.42. The third-order valence-electron chi connectivity index (χ3n) is 2.68. The van der Waals surface area contributed by atoms with Gasteiger partial charge in [0.2, 0.25) is 5.91 Å². The summed E-state index contributed by atoms with van der Waals surface area (Å²) in [7, 11) is 0. The average Bonchev–Trinajstić information content (AvgIpc) is 2.29. The van der Waals surface area contributed by atoms with E-state index in [1.165, 1.54) is 0 Å². The van der Waals surface area contributed by atoms with Crippen molar-refractivity contribution in [2.75, 3.05) is 19.6 Å². The van der Waals surface area contributed by atoms with Crippen molar-refractivity contribution in [2.45, 2.75) is 32.4 Å². The maximum Gasteiger partial charge on any atom is 0.237 e. The minimum atomic E-state index is -0.0407. The molecule has 1 aliphatic rings. The summed E-state index contributed by atoms with van der Waals surface area (Å²) in [6.45, 7) is 6.36. The molecular weight excluding hydrogens is 166 g/mol. The Hall–Kier alpha value is -0.610. The Morgan fingerprint density at radius 3 is 3.08 bits per heavy atom. The first kappa shape index (κ1) is 10.5. The van der Waals surface area contributed by atoms with Crippen molar-refractivity contribution in [3.8, 4) is 0 Å². The maximum absolute atomic E-state index is 11.5. The van der Waals surface area contributed by atoms with Crippen molar-refractivity contribution < 1.29 is 4.79 Å². The SMILES string of the molecule is CC(CN)N1CCCNC(=O)C1C. The number of nitrogens with one attached hydrogen (secondary N) is 1. The first-order valence-corrected chi connectivity index (χ1v) is 4.90. The van der Waals surface area contributed by atoms with Crippen LogP contribution in [0.15, 0.2) is 0 Å². The lowest BCUT2D eigenvalue weighted by atomic mass is 10.2. The molecule has 4 nitrogen and oxygen atoms in total. The topological polar surface area (TPSA) is 58.4 Å². The van der Waals surface area contributed by atoms with Gasteiger partial charge in [-0.2, -0.15) is 0 Å². The molecule has 2 atom stereocenters. The minimum absolute atomic E-state index is 0.0407. The van der Waals surface area contributed by atoms with Crippen LogP contribution < -0.4 is 11.1 Å². The van der Waals surface area contributed by atoms with Gasteiger partial charge in [-0.25, -0.2) is 0 Å². The van der Waals surface area contributed by atoms with E-state index in [0.29, 0.717) is 12.6 Å². The molecule has 0 aromatic rings. The Morgan fingerprint density at radius 1 is 1.77 bits per heavy atom. The van der Waals surface area contributed by atoms with Crippen molar-refractivity contribution >= 4 is 5.91 Å². The Labute approximate surface area is 79.5 Å². The second-order valence-corrected chi connectivity index (χ2v) is 3.64. The summed E-state index contributed by atoms with van der Waals surface area (Å²) >= 11 is 0. The molecule has 1 rings (SSSR count). The van der Waals surface area contributed by atoms with Crippen LogP contribution in [-0.4, -0.2) is 42.5 Å². The normalized spacial score (nSPS) is 27.9. The van der Waals surface area contributed by atoms with Gasteiger partial charge >= 0.3 is 0 Å². The van der Waals surface area contributed by atoms with Gasteiger partial charge in [-0.15, -0.1) is 0 Å². The van der Waals surface area contributed by atoms with Crippen LogP contribution in [0.25, 0.3) is 0 Å². The van der Waals surface area contributed by atoms with E-state index in [9.17, 15) is 4.79 Å². The lowest BCUT2D eigenvalue weighted by molar-refractivity contribution is -0.125. The molecule has 1 aliphatic heterocycles. The number of rotatable bonds is 2. The van der Waals surface area contributed by atoms with Gasteiger partial charge < -0.3 is 11.1 Å². The smallest absolute Gasteiger partial charge is 0.237 e. The summed E-state index contributed by atoms with van der Waals surface area (Å²) < 4.78 is 0. The van der Waals surface area contributed by atoms with E-state index < -0.39 is 0 Å². The number of hydrogen-bond donors (Lipinski definition) is 2. The highest BCUT2D eigenvalue weighted by Gasteiger charge is 2.26. The number of nitrogens with zero attached hydrogens (tertiary/aromatic N) is 1. The molecule has 13 heavy (non-hydrogen) atoms. The van der Waals surface area contributed by atoms with Gasteiger partial charge in [-0.05, 0) is 20.3 Å². The lowest BCUT2D eigenvalue weighted by Gasteiger charge is -2.30. The predicted octanol–water partition coefficient (Wildman–Crippen LogP) is -0.456. The number of carbonyl (C=O) groups excluding carboxylic acids is 1. The Kier molecular flexibility index (Phi) is 3.69. The van der Waals surface area contributed by atoms with Crippen LogP contribution >= 0.6 is 0 Å². The van der Waals surface area contributed by atoms with E-state index in [1.807, 2.05) is 6.92 Å². The van der Waals surface area contributed by atoms with Crippen LogP contribution in [0.3, 0.4) is 0 Å².